The summed E-state index contributed by atoms with van der Waals surface area (Å²) in [5, 5.41) is 0. The summed E-state index contributed by atoms with van der Waals surface area (Å²) in [7, 11) is 1.93. The minimum atomic E-state index is 0.252. The molecule has 1 saturated carbocycles. The molecule has 0 saturated heterocycles. The van der Waals surface area contributed by atoms with Crippen molar-refractivity contribution in [1.29, 1.82) is 0 Å². The van der Waals surface area contributed by atoms with E-state index in [4.69, 9.17) is 0 Å². The molecular formula is C11H17NO. The zero-order valence-corrected chi connectivity index (χ0v) is 8.63. The Bertz CT molecular complexity index is 278. The van der Waals surface area contributed by atoms with Gasteiger partial charge in [-0.1, -0.05) is 19.9 Å². The molecule has 0 heterocycles. The van der Waals surface area contributed by atoms with Crippen molar-refractivity contribution in [3.05, 3.63) is 11.6 Å². The third-order valence-corrected chi connectivity index (χ3v) is 3.33. The minimum Gasteiger partial charge on any atom is -0.338 e. The van der Waals surface area contributed by atoms with Gasteiger partial charge in [0, 0.05) is 18.7 Å². The quantitative estimate of drug-likeness (QED) is 0.634. The molecule has 2 aliphatic rings. The largest absolute Gasteiger partial charge is 0.338 e. The first-order chi connectivity index (χ1) is 6.02. The summed E-state index contributed by atoms with van der Waals surface area (Å²) in [6.07, 6.45) is 5.27. The summed E-state index contributed by atoms with van der Waals surface area (Å²) < 4.78 is 0. The molecule has 0 aromatic heterocycles. The number of likely N-dealkylation sites (N-methyl/N-ethyl adjacent to an activating group) is 1. The van der Waals surface area contributed by atoms with Crippen LogP contribution in [0.1, 0.15) is 33.1 Å². The first-order valence-corrected chi connectivity index (χ1v) is 4.98. The second-order valence-electron chi connectivity index (χ2n) is 4.89. The fraction of sp³-hybridized carbons (Fsp3) is 0.727. The van der Waals surface area contributed by atoms with Crippen molar-refractivity contribution >= 4 is 5.91 Å². The Hall–Kier alpha value is -0.790. The molecular weight excluding hydrogens is 162 g/mol. The van der Waals surface area contributed by atoms with Crippen LogP contribution >= 0.6 is 0 Å². The molecule has 0 aromatic rings. The fourth-order valence-corrected chi connectivity index (χ4v) is 1.95. The van der Waals surface area contributed by atoms with Crippen molar-refractivity contribution in [2.24, 2.45) is 5.41 Å². The van der Waals surface area contributed by atoms with Gasteiger partial charge in [-0.05, 0) is 24.7 Å². The molecule has 2 nitrogen and oxygen atoms in total. The topological polar surface area (TPSA) is 20.3 Å². The van der Waals surface area contributed by atoms with E-state index >= 15 is 0 Å². The van der Waals surface area contributed by atoms with E-state index < -0.39 is 0 Å². The average Bonchev–Trinajstić information content (AvgIpc) is 2.54. The molecule has 0 bridgehead atoms. The van der Waals surface area contributed by atoms with E-state index in [2.05, 4.69) is 13.8 Å². The zero-order valence-electron chi connectivity index (χ0n) is 8.63. The number of hydrogen-bond donors (Lipinski definition) is 0. The van der Waals surface area contributed by atoms with Gasteiger partial charge in [0.05, 0.1) is 0 Å². The van der Waals surface area contributed by atoms with E-state index in [-0.39, 0.29) is 5.91 Å². The third kappa shape index (κ3) is 1.38. The molecule has 2 aliphatic carbocycles. The normalized spacial score (nSPS) is 28.8. The van der Waals surface area contributed by atoms with Crippen molar-refractivity contribution in [3.63, 3.8) is 0 Å². The van der Waals surface area contributed by atoms with Gasteiger partial charge in [-0.2, -0.15) is 0 Å². The third-order valence-electron chi connectivity index (χ3n) is 3.33. The highest BCUT2D eigenvalue weighted by molar-refractivity contribution is 5.94. The van der Waals surface area contributed by atoms with E-state index in [0.29, 0.717) is 11.5 Å². The van der Waals surface area contributed by atoms with Crippen LogP contribution in [0.25, 0.3) is 0 Å². The van der Waals surface area contributed by atoms with Crippen LogP contribution in [0.5, 0.6) is 0 Å². The molecule has 0 aromatic carbocycles. The Morgan fingerprint density at radius 1 is 1.62 bits per heavy atom. The summed E-state index contributed by atoms with van der Waals surface area (Å²) in [6.45, 7) is 4.44. The lowest BCUT2D eigenvalue weighted by Gasteiger charge is -2.23. The van der Waals surface area contributed by atoms with Gasteiger partial charge in [0.1, 0.15) is 0 Å². The Kier molecular flexibility index (Phi) is 1.76. The fourth-order valence-electron chi connectivity index (χ4n) is 1.95. The maximum Gasteiger partial charge on any atom is 0.249 e. The van der Waals surface area contributed by atoms with E-state index in [1.165, 1.54) is 0 Å². The van der Waals surface area contributed by atoms with Gasteiger partial charge in [-0.25, -0.2) is 0 Å². The number of allylic oxidation sites excluding steroid dienone is 1. The van der Waals surface area contributed by atoms with E-state index in [9.17, 15) is 4.79 Å². The summed E-state index contributed by atoms with van der Waals surface area (Å²) in [5.41, 5.74) is 1.37. The highest BCUT2D eigenvalue weighted by Crippen LogP contribution is 2.48. The molecule has 1 atom stereocenters. The van der Waals surface area contributed by atoms with Crippen LogP contribution in [0.2, 0.25) is 0 Å². The summed E-state index contributed by atoms with van der Waals surface area (Å²) >= 11 is 0. The lowest BCUT2D eigenvalue weighted by atomic mass is 9.98. The molecule has 1 fully saturated rings. The molecule has 1 unspecified atom stereocenters. The average molecular weight is 179 g/mol. The molecule has 13 heavy (non-hydrogen) atoms. The monoisotopic (exact) mass is 179 g/mol. The van der Waals surface area contributed by atoms with Crippen molar-refractivity contribution in [3.8, 4) is 0 Å². The standard InChI is InChI=1S/C11H17NO/c1-11(2)7-9(11)12(3)10(13)8-5-4-6-8/h5,9H,4,6-7H2,1-3H3. The molecule has 2 rings (SSSR count). The van der Waals surface area contributed by atoms with Crippen LogP contribution in [0.4, 0.5) is 0 Å². The lowest BCUT2D eigenvalue weighted by molar-refractivity contribution is -0.127. The Labute approximate surface area is 79.6 Å². The van der Waals surface area contributed by atoms with Crippen LogP contribution < -0.4 is 0 Å². The van der Waals surface area contributed by atoms with Gasteiger partial charge in [-0.15, -0.1) is 0 Å². The highest BCUT2D eigenvalue weighted by Gasteiger charge is 2.50. The van der Waals surface area contributed by atoms with Crippen molar-refractivity contribution in [2.45, 2.75) is 39.2 Å². The minimum absolute atomic E-state index is 0.252. The molecule has 72 valence electrons. The van der Waals surface area contributed by atoms with Crippen LogP contribution in [-0.4, -0.2) is 23.9 Å². The predicted octanol–water partition coefficient (Wildman–Crippen LogP) is 1.96. The van der Waals surface area contributed by atoms with Gasteiger partial charge in [0.25, 0.3) is 0 Å². The van der Waals surface area contributed by atoms with Crippen LogP contribution in [0, 0.1) is 5.41 Å². The van der Waals surface area contributed by atoms with E-state index in [0.717, 1.165) is 24.8 Å². The summed E-state index contributed by atoms with van der Waals surface area (Å²) in [4.78, 5) is 13.7. The molecule has 2 heteroatoms. The first kappa shape index (κ1) is 8.79. The molecule has 0 spiro atoms. The van der Waals surface area contributed by atoms with E-state index in [1.54, 1.807) is 0 Å². The van der Waals surface area contributed by atoms with E-state index in [1.807, 2.05) is 18.0 Å². The van der Waals surface area contributed by atoms with Crippen LogP contribution in [0.15, 0.2) is 11.6 Å². The number of hydrogen-bond acceptors (Lipinski definition) is 1. The van der Waals surface area contributed by atoms with Crippen molar-refractivity contribution in [1.82, 2.24) is 4.90 Å². The van der Waals surface area contributed by atoms with Crippen LogP contribution in [-0.2, 0) is 4.79 Å². The molecule has 0 aliphatic heterocycles. The number of carbonyl (C=O) groups excluding carboxylic acids is 1. The summed E-state index contributed by atoms with van der Waals surface area (Å²) in [6, 6.07) is 0.474. The zero-order chi connectivity index (χ0) is 9.64. The maximum absolute atomic E-state index is 11.8. The smallest absolute Gasteiger partial charge is 0.249 e. The molecule has 0 radical (unpaired) electrons. The number of carbonyl (C=O) groups is 1. The van der Waals surface area contributed by atoms with Crippen molar-refractivity contribution < 1.29 is 4.79 Å². The SMILES string of the molecule is CN(C(=O)C1=CCC1)C1CC1(C)C. The summed E-state index contributed by atoms with van der Waals surface area (Å²) in [5.74, 6) is 0.252. The van der Waals surface area contributed by atoms with Gasteiger partial charge in [0.15, 0.2) is 0 Å². The van der Waals surface area contributed by atoms with Crippen molar-refractivity contribution in [2.75, 3.05) is 7.05 Å². The van der Waals surface area contributed by atoms with Gasteiger partial charge < -0.3 is 4.90 Å². The number of rotatable bonds is 2. The Morgan fingerprint density at radius 2 is 2.15 bits per heavy atom. The van der Waals surface area contributed by atoms with Gasteiger partial charge in [0.2, 0.25) is 5.91 Å². The van der Waals surface area contributed by atoms with Crippen LogP contribution in [0.3, 0.4) is 0 Å². The molecule has 0 N–H and O–H groups in total. The second kappa shape index (κ2) is 2.60. The Morgan fingerprint density at radius 3 is 2.46 bits per heavy atom. The lowest BCUT2D eigenvalue weighted by Crippen LogP contribution is -2.33. The predicted molar refractivity (Wildman–Crippen MR) is 52.3 cm³/mol. The second-order valence-corrected chi connectivity index (χ2v) is 4.89. The number of amides is 1. The van der Waals surface area contributed by atoms with Gasteiger partial charge >= 0.3 is 0 Å². The maximum atomic E-state index is 11.8. The first-order valence-electron chi connectivity index (χ1n) is 4.98. The Balaban J connectivity index is 1.98. The highest BCUT2D eigenvalue weighted by atomic mass is 16.2. The molecule has 1 amide bonds. The van der Waals surface area contributed by atoms with Gasteiger partial charge in [-0.3, -0.25) is 4.79 Å². The number of nitrogens with zero attached hydrogens (tertiary/aromatic N) is 1.